The first kappa shape index (κ1) is 16.6. The number of primary amides is 1. The number of nitriles is 1. The molecule has 0 atom stereocenters. The van der Waals surface area contributed by atoms with Gasteiger partial charge in [0.05, 0.1) is 9.82 Å². The largest absolute Gasteiger partial charge is 0.365 e. The minimum Gasteiger partial charge on any atom is -0.365 e. The first-order valence-electron chi connectivity index (χ1n) is 6.08. The van der Waals surface area contributed by atoms with Crippen molar-refractivity contribution >= 4 is 40.8 Å². The zero-order valence-electron chi connectivity index (χ0n) is 11.7. The van der Waals surface area contributed by atoms with Crippen molar-refractivity contribution in [3.8, 4) is 6.07 Å². The molecule has 0 saturated heterocycles. The number of nitro benzene ring substituents is 1. The van der Waals surface area contributed by atoms with Crippen LogP contribution in [-0.2, 0) is 4.79 Å². The zero-order valence-corrected chi connectivity index (χ0v) is 13.3. The number of benzene rings is 1. The van der Waals surface area contributed by atoms with Gasteiger partial charge >= 0.3 is 0 Å². The highest BCUT2D eigenvalue weighted by atomic mass is 32.2. The van der Waals surface area contributed by atoms with Crippen LogP contribution in [0.4, 0.5) is 5.69 Å². The SMILES string of the molecule is Cc1nnc(Sc2ccc(/C=C(\C#N)C(N)=O)cc2[N+](=O)[O-])s1. The van der Waals surface area contributed by atoms with Crippen molar-refractivity contribution in [2.24, 2.45) is 5.73 Å². The summed E-state index contributed by atoms with van der Waals surface area (Å²) in [7, 11) is 0. The third-order valence-corrected chi connectivity index (χ3v) is 4.54. The van der Waals surface area contributed by atoms with E-state index in [4.69, 9.17) is 11.0 Å². The molecule has 10 heteroatoms. The number of aromatic nitrogens is 2. The fraction of sp³-hybridized carbons (Fsp3) is 0.0769. The van der Waals surface area contributed by atoms with Crippen molar-refractivity contribution in [1.82, 2.24) is 10.2 Å². The van der Waals surface area contributed by atoms with Crippen LogP contribution < -0.4 is 5.73 Å². The summed E-state index contributed by atoms with van der Waals surface area (Å²) in [4.78, 5) is 22.1. The van der Waals surface area contributed by atoms with Crippen LogP contribution in [0.15, 0.2) is 33.0 Å². The van der Waals surface area contributed by atoms with E-state index in [0.717, 1.165) is 16.8 Å². The van der Waals surface area contributed by atoms with E-state index in [1.807, 2.05) is 0 Å². The zero-order chi connectivity index (χ0) is 17.0. The molecule has 0 bridgehead atoms. The molecule has 23 heavy (non-hydrogen) atoms. The first-order valence-corrected chi connectivity index (χ1v) is 7.72. The molecule has 1 amide bonds. The Hall–Kier alpha value is -2.77. The van der Waals surface area contributed by atoms with Gasteiger partial charge in [0.1, 0.15) is 16.6 Å². The summed E-state index contributed by atoms with van der Waals surface area (Å²) in [5.41, 5.74) is 4.95. The monoisotopic (exact) mass is 347 g/mol. The third kappa shape index (κ3) is 4.12. The molecule has 1 aromatic carbocycles. The van der Waals surface area contributed by atoms with E-state index < -0.39 is 10.8 Å². The Morgan fingerprint density at radius 3 is 2.78 bits per heavy atom. The van der Waals surface area contributed by atoms with E-state index in [1.165, 1.54) is 29.5 Å². The van der Waals surface area contributed by atoms with Gasteiger partial charge in [-0.15, -0.1) is 10.2 Å². The normalized spacial score (nSPS) is 11.0. The number of aryl methyl sites for hydroxylation is 1. The Bertz CT molecular complexity index is 854. The minimum atomic E-state index is -0.891. The highest BCUT2D eigenvalue weighted by molar-refractivity contribution is 8.01. The summed E-state index contributed by atoms with van der Waals surface area (Å²) in [6.07, 6.45) is 1.21. The van der Waals surface area contributed by atoms with Gasteiger partial charge in [0.2, 0.25) is 0 Å². The molecule has 2 rings (SSSR count). The van der Waals surface area contributed by atoms with Gasteiger partial charge < -0.3 is 5.73 Å². The van der Waals surface area contributed by atoms with E-state index in [-0.39, 0.29) is 11.3 Å². The van der Waals surface area contributed by atoms with Crippen LogP contribution >= 0.6 is 23.1 Å². The maximum atomic E-state index is 11.2. The highest BCUT2D eigenvalue weighted by Crippen LogP contribution is 2.36. The van der Waals surface area contributed by atoms with E-state index in [1.54, 1.807) is 19.1 Å². The summed E-state index contributed by atoms with van der Waals surface area (Å²) in [6, 6.07) is 6.01. The van der Waals surface area contributed by atoms with E-state index in [9.17, 15) is 14.9 Å². The summed E-state index contributed by atoms with van der Waals surface area (Å²) in [5, 5.41) is 28.6. The number of nitrogens with two attached hydrogens (primary N) is 1. The first-order chi connectivity index (χ1) is 10.9. The number of nitro groups is 1. The molecule has 0 aliphatic heterocycles. The molecule has 2 aromatic rings. The quantitative estimate of drug-likeness (QED) is 0.379. The second-order valence-corrected chi connectivity index (χ2v) is 6.68. The van der Waals surface area contributed by atoms with Crippen molar-refractivity contribution in [3.05, 3.63) is 44.5 Å². The summed E-state index contributed by atoms with van der Waals surface area (Å²) in [6.45, 7) is 1.79. The Labute approximate surface area is 138 Å². The average molecular weight is 347 g/mol. The van der Waals surface area contributed by atoms with Crippen molar-refractivity contribution in [2.45, 2.75) is 16.2 Å². The van der Waals surface area contributed by atoms with Gasteiger partial charge in [-0.2, -0.15) is 5.26 Å². The van der Waals surface area contributed by atoms with Gasteiger partial charge in [0.25, 0.3) is 11.6 Å². The standard InChI is InChI=1S/C13H9N5O3S2/c1-7-16-17-13(22-7)23-11-3-2-8(5-10(11)18(20)21)4-9(6-14)12(15)19/h2-5H,1H3,(H2,15,19)/b9-4+. The van der Waals surface area contributed by atoms with Crippen molar-refractivity contribution in [3.63, 3.8) is 0 Å². The number of hydrogen-bond donors (Lipinski definition) is 1. The van der Waals surface area contributed by atoms with Crippen molar-refractivity contribution < 1.29 is 9.72 Å². The van der Waals surface area contributed by atoms with Gasteiger partial charge in [0, 0.05) is 6.07 Å². The van der Waals surface area contributed by atoms with Crippen LogP contribution in [0, 0.1) is 28.4 Å². The smallest absolute Gasteiger partial charge is 0.283 e. The number of hydrogen-bond acceptors (Lipinski definition) is 8. The maximum Gasteiger partial charge on any atom is 0.283 e. The fourth-order valence-electron chi connectivity index (χ4n) is 1.59. The molecular formula is C13H9N5O3S2. The number of carbonyl (C=O) groups excluding carboxylic acids is 1. The highest BCUT2D eigenvalue weighted by Gasteiger charge is 2.17. The molecule has 1 heterocycles. The van der Waals surface area contributed by atoms with Gasteiger partial charge in [-0.1, -0.05) is 29.2 Å². The van der Waals surface area contributed by atoms with E-state index in [0.29, 0.717) is 14.8 Å². The van der Waals surface area contributed by atoms with Crippen molar-refractivity contribution in [2.75, 3.05) is 0 Å². The lowest BCUT2D eigenvalue weighted by Crippen LogP contribution is -2.12. The lowest BCUT2D eigenvalue weighted by Gasteiger charge is -2.02. The van der Waals surface area contributed by atoms with Gasteiger partial charge in [-0.05, 0) is 24.6 Å². The lowest BCUT2D eigenvalue weighted by molar-refractivity contribution is -0.387. The molecule has 0 fully saturated rings. The van der Waals surface area contributed by atoms with Gasteiger partial charge in [-0.3, -0.25) is 14.9 Å². The average Bonchev–Trinajstić information content (AvgIpc) is 2.90. The summed E-state index contributed by atoms with van der Waals surface area (Å²) < 4.78 is 0.587. The number of rotatable bonds is 5. The molecule has 1 aromatic heterocycles. The number of nitrogens with zero attached hydrogens (tertiary/aromatic N) is 4. The molecule has 0 unspecified atom stereocenters. The molecule has 2 N–H and O–H groups in total. The topological polar surface area (TPSA) is 136 Å². The Morgan fingerprint density at radius 1 is 1.52 bits per heavy atom. The molecule has 0 spiro atoms. The molecule has 0 radical (unpaired) electrons. The lowest BCUT2D eigenvalue weighted by atomic mass is 10.1. The Morgan fingerprint density at radius 2 is 2.26 bits per heavy atom. The van der Waals surface area contributed by atoms with E-state index >= 15 is 0 Å². The molecule has 8 nitrogen and oxygen atoms in total. The molecule has 0 saturated carbocycles. The van der Waals surface area contributed by atoms with Crippen LogP contribution in [0.1, 0.15) is 10.6 Å². The van der Waals surface area contributed by atoms with Crippen LogP contribution in [-0.4, -0.2) is 21.0 Å². The third-order valence-electron chi connectivity index (χ3n) is 2.58. The second kappa shape index (κ2) is 6.99. The second-order valence-electron chi connectivity index (χ2n) is 4.21. The minimum absolute atomic E-state index is 0.154. The molecule has 0 aliphatic rings. The van der Waals surface area contributed by atoms with Crippen LogP contribution in [0.3, 0.4) is 0 Å². The molecular weight excluding hydrogens is 338 g/mol. The predicted octanol–water partition coefficient (Wildman–Crippen LogP) is 2.30. The van der Waals surface area contributed by atoms with Crippen LogP contribution in [0.2, 0.25) is 0 Å². The van der Waals surface area contributed by atoms with Crippen molar-refractivity contribution in [1.29, 1.82) is 5.26 Å². The van der Waals surface area contributed by atoms with Crippen LogP contribution in [0.25, 0.3) is 6.08 Å². The van der Waals surface area contributed by atoms with Gasteiger partial charge in [-0.25, -0.2) is 0 Å². The fourth-order valence-corrected chi connectivity index (χ4v) is 3.45. The number of carbonyl (C=O) groups is 1. The Balaban J connectivity index is 2.41. The van der Waals surface area contributed by atoms with Crippen LogP contribution in [0.5, 0.6) is 0 Å². The molecule has 0 aliphatic carbocycles. The maximum absolute atomic E-state index is 11.2. The molecule has 116 valence electrons. The Kier molecular flexibility index (Phi) is 5.05. The summed E-state index contributed by atoms with van der Waals surface area (Å²) in [5.74, 6) is -0.891. The number of amides is 1. The van der Waals surface area contributed by atoms with E-state index in [2.05, 4.69) is 10.2 Å². The summed E-state index contributed by atoms with van der Waals surface area (Å²) >= 11 is 2.46. The van der Waals surface area contributed by atoms with Gasteiger partial charge in [0.15, 0.2) is 4.34 Å². The predicted molar refractivity (Wildman–Crippen MR) is 84.6 cm³/mol.